The number of hydrogen-bond acceptors (Lipinski definition) is 5. The van der Waals surface area contributed by atoms with Gasteiger partial charge in [-0.25, -0.2) is 14.6 Å². The van der Waals surface area contributed by atoms with Gasteiger partial charge in [0, 0.05) is 24.1 Å². The number of nitrogens with one attached hydrogen (secondary N) is 2. The zero-order chi connectivity index (χ0) is 30.5. The monoisotopic (exact) mass is 583 g/mol. The number of anilines is 1. The molecule has 8 nitrogen and oxygen atoms in total. The molecular formula is C31H32F3N3O5. The highest BCUT2D eigenvalue weighted by atomic mass is 19.4. The van der Waals surface area contributed by atoms with Crippen LogP contribution in [0.1, 0.15) is 57.4 Å². The fraction of sp³-hybridized carbons (Fsp3) is 0.290. The van der Waals surface area contributed by atoms with Gasteiger partial charge in [-0.05, 0) is 48.2 Å². The summed E-state index contributed by atoms with van der Waals surface area (Å²) < 4.78 is 37.5. The lowest BCUT2D eigenvalue weighted by Gasteiger charge is -2.16. The Bertz CT molecular complexity index is 1470. The first kappa shape index (κ1) is 31.9. The van der Waals surface area contributed by atoms with E-state index in [2.05, 4.69) is 45.6 Å². The summed E-state index contributed by atoms with van der Waals surface area (Å²) in [6, 6.07) is 23.7. The molecule has 0 radical (unpaired) electrons. The Morgan fingerprint density at radius 1 is 0.952 bits per heavy atom. The average Bonchev–Trinajstić information content (AvgIpc) is 3.47. The number of carbonyl (C=O) groups excluding carboxylic acids is 2. The molecule has 1 aromatic heterocycles. The van der Waals surface area contributed by atoms with Crippen molar-refractivity contribution >= 4 is 34.3 Å². The molecule has 1 atom stereocenters. The Balaban J connectivity index is 0.000000616. The Labute approximate surface area is 240 Å². The molecule has 0 spiro atoms. The predicted molar refractivity (Wildman–Crippen MR) is 153 cm³/mol. The molecule has 42 heavy (non-hydrogen) atoms. The van der Waals surface area contributed by atoms with E-state index in [0.29, 0.717) is 30.8 Å². The Morgan fingerprint density at radius 3 is 2.29 bits per heavy atom. The lowest BCUT2D eigenvalue weighted by molar-refractivity contribution is -0.192. The van der Waals surface area contributed by atoms with E-state index in [9.17, 15) is 22.8 Å². The topological polar surface area (TPSA) is 121 Å². The van der Waals surface area contributed by atoms with E-state index in [1.54, 1.807) is 6.20 Å². The number of halogens is 3. The molecule has 0 aliphatic carbocycles. The molecule has 4 aromatic rings. The minimum Gasteiger partial charge on any atom is -0.475 e. The largest absolute Gasteiger partial charge is 0.490 e. The summed E-state index contributed by atoms with van der Waals surface area (Å²) in [7, 11) is 0. The molecule has 0 fully saturated rings. The molecular weight excluding hydrogens is 551 g/mol. The number of carbonyl (C=O) groups is 3. The third kappa shape index (κ3) is 10.1. The Hall–Kier alpha value is -4.67. The highest BCUT2D eigenvalue weighted by molar-refractivity contribution is 5.87. The Morgan fingerprint density at radius 2 is 1.62 bits per heavy atom. The zero-order valence-electron chi connectivity index (χ0n) is 23.0. The zero-order valence-corrected chi connectivity index (χ0v) is 23.0. The fourth-order valence-corrected chi connectivity index (χ4v) is 4.06. The second-order valence-electron chi connectivity index (χ2n) is 9.42. The van der Waals surface area contributed by atoms with Crippen LogP contribution in [0.15, 0.2) is 79.0 Å². The molecule has 11 heteroatoms. The van der Waals surface area contributed by atoms with Crippen LogP contribution in [0.5, 0.6) is 0 Å². The number of hydrogen-bond donors (Lipinski definition) is 3. The number of aromatic nitrogens is 2. The van der Waals surface area contributed by atoms with Gasteiger partial charge in [0.1, 0.15) is 11.6 Å². The van der Waals surface area contributed by atoms with Gasteiger partial charge in [0.2, 0.25) is 0 Å². The van der Waals surface area contributed by atoms with Gasteiger partial charge in [0.15, 0.2) is 6.10 Å². The number of aliphatic carboxylic acids is 1. The second kappa shape index (κ2) is 15.4. The minimum absolute atomic E-state index is 0.283. The average molecular weight is 584 g/mol. The van der Waals surface area contributed by atoms with Crippen molar-refractivity contribution in [1.29, 1.82) is 0 Å². The number of para-hydroxylation sites is 1. The highest BCUT2D eigenvalue weighted by Crippen LogP contribution is 2.28. The Kier molecular flexibility index (Phi) is 11.7. The summed E-state index contributed by atoms with van der Waals surface area (Å²) in [6.45, 7) is 1.89. The fourth-order valence-electron chi connectivity index (χ4n) is 4.06. The molecule has 0 saturated carbocycles. The van der Waals surface area contributed by atoms with Crippen molar-refractivity contribution in [2.45, 2.75) is 57.7 Å². The minimum atomic E-state index is -5.08. The molecule has 1 unspecified atom stereocenters. The number of benzene rings is 3. The van der Waals surface area contributed by atoms with Crippen molar-refractivity contribution < 1.29 is 37.4 Å². The number of fused-ring (bicyclic) bond motifs is 1. The first-order valence-electron chi connectivity index (χ1n) is 13.5. The van der Waals surface area contributed by atoms with Crippen LogP contribution in [0.4, 0.5) is 23.7 Å². The van der Waals surface area contributed by atoms with E-state index in [-0.39, 0.29) is 5.78 Å². The lowest BCUT2D eigenvalue weighted by Crippen LogP contribution is -2.21. The molecule has 4 rings (SSSR count). The summed E-state index contributed by atoms with van der Waals surface area (Å²) in [4.78, 5) is 41.0. The van der Waals surface area contributed by atoms with Crippen molar-refractivity contribution in [3.05, 3.63) is 84.8 Å². The third-order valence-corrected chi connectivity index (χ3v) is 6.29. The van der Waals surface area contributed by atoms with E-state index in [0.717, 1.165) is 35.9 Å². The molecule has 0 bridgehead atoms. The van der Waals surface area contributed by atoms with E-state index in [1.807, 2.05) is 49.4 Å². The van der Waals surface area contributed by atoms with E-state index in [1.165, 1.54) is 5.39 Å². The number of H-pyrrole nitrogens is 1. The van der Waals surface area contributed by atoms with Crippen LogP contribution in [0.25, 0.3) is 22.0 Å². The van der Waals surface area contributed by atoms with Crippen molar-refractivity contribution in [2.75, 3.05) is 5.32 Å². The number of ketones is 1. The van der Waals surface area contributed by atoms with Crippen molar-refractivity contribution in [2.24, 2.45) is 0 Å². The van der Waals surface area contributed by atoms with E-state index >= 15 is 0 Å². The maximum absolute atomic E-state index is 12.6. The summed E-state index contributed by atoms with van der Waals surface area (Å²) in [5.74, 6) is -1.86. The summed E-state index contributed by atoms with van der Waals surface area (Å²) >= 11 is 0. The van der Waals surface area contributed by atoms with Crippen LogP contribution in [0, 0.1) is 0 Å². The number of carboxylic acid groups (broad SMARTS) is 1. The lowest BCUT2D eigenvalue weighted by atomic mass is 10.1. The number of unbranched alkanes of at least 4 members (excludes halogenated alkanes) is 2. The maximum Gasteiger partial charge on any atom is 0.490 e. The van der Waals surface area contributed by atoms with E-state index < -0.39 is 24.3 Å². The van der Waals surface area contributed by atoms with Gasteiger partial charge < -0.3 is 14.8 Å². The SMILES string of the molecule is CCC(=O)CCCCCC(OC(=O)Nc1ccccc1)c1ncc(-c2ccc3ccccc3c2)[nH]1.O=C(O)C(F)(F)F. The predicted octanol–water partition coefficient (Wildman–Crippen LogP) is 8.08. The van der Waals surface area contributed by atoms with Crippen LogP contribution in [-0.4, -0.2) is 39.1 Å². The summed E-state index contributed by atoms with van der Waals surface area (Å²) in [6.07, 6.45) is 0.0179. The standard InChI is InChI=1S/C29H31N3O3.C2HF3O2/c1-2-25(33)15-7-4-8-16-27(35-29(34)31-24-13-5-3-6-14-24)28-30-20-26(32-28)23-18-17-21-11-9-10-12-22(21)19-23;3-2(4,5)1(6)7/h3,5-6,9-14,17-20,27H,2,4,7-8,15-16H2,1H3,(H,30,32)(H,31,34);(H,6,7). The number of Topliss-reactive ketones (excluding diaryl/α,β-unsaturated/α-hetero) is 1. The van der Waals surface area contributed by atoms with Crippen molar-refractivity contribution in [3.63, 3.8) is 0 Å². The van der Waals surface area contributed by atoms with Gasteiger partial charge in [-0.3, -0.25) is 10.1 Å². The molecule has 3 N–H and O–H groups in total. The smallest absolute Gasteiger partial charge is 0.475 e. The quantitative estimate of drug-likeness (QED) is 0.154. The maximum atomic E-state index is 12.6. The first-order valence-corrected chi connectivity index (χ1v) is 13.5. The third-order valence-electron chi connectivity index (χ3n) is 6.29. The molecule has 1 heterocycles. The number of carboxylic acids is 1. The van der Waals surface area contributed by atoms with Crippen molar-refractivity contribution in [1.82, 2.24) is 9.97 Å². The second-order valence-corrected chi connectivity index (χ2v) is 9.42. The number of nitrogens with zero attached hydrogens (tertiary/aromatic N) is 1. The van der Waals surface area contributed by atoms with Crippen LogP contribution >= 0.6 is 0 Å². The first-order chi connectivity index (χ1) is 20.1. The molecule has 222 valence electrons. The number of amides is 1. The van der Waals surface area contributed by atoms with Gasteiger partial charge in [-0.2, -0.15) is 13.2 Å². The van der Waals surface area contributed by atoms with Gasteiger partial charge in [0.25, 0.3) is 0 Å². The normalized spacial score (nSPS) is 11.7. The molecule has 3 aromatic carbocycles. The van der Waals surface area contributed by atoms with Crippen LogP contribution in [0.2, 0.25) is 0 Å². The number of ether oxygens (including phenoxy) is 1. The van der Waals surface area contributed by atoms with Crippen LogP contribution < -0.4 is 5.32 Å². The van der Waals surface area contributed by atoms with Gasteiger partial charge in [-0.15, -0.1) is 0 Å². The van der Waals surface area contributed by atoms with E-state index in [4.69, 9.17) is 14.6 Å². The summed E-state index contributed by atoms with van der Waals surface area (Å²) in [5, 5.41) is 12.2. The van der Waals surface area contributed by atoms with Gasteiger partial charge in [-0.1, -0.05) is 67.9 Å². The van der Waals surface area contributed by atoms with Gasteiger partial charge in [0.05, 0.1) is 11.9 Å². The molecule has 1 amide bonds. The van der Waals surface area contributed by atoms with Crippen LogP contribution in [-0.2, 0) is 14.3 Å². The molecule has 0 aliphatic heterocycles. The van der Waals surface area contributed by atoms with Crippen LogP contribution in [0.3, 0.4) is 0 Å². The molecule has 0 aliphatic rings. The highest BCUT2D eigenvalue weighted by Gasteiger charge is 2.38. The van der Waals surface area contributed by atoms with Gasteiger partial charge >= 0.3 is 18.2 Å². The van der Waals surface area contributed by atoms with Crippen molar-refractivity contribution in [3.8, 4) is 11.3 Å². The number of imidazole rings is 1. The number of rotatable bonds is 11. The number of alkyl halides is 3. The molecule has 0 saturated heterocycles. The summed E-state index contributed by atoms with van der Waals surface area (Å²) in [5.41, 5.74) is 2.56. The number of aromatic amines is 1.